The van der Waals surface area contributed by atoms with Crippen LogP contribution in [0.5, 0.6) is 0 Å². The number of hydrogen-bond acceptors (Lipinski definition) is 3. The molecule has 3 nitrogen and oxygen atoms in total. The highest BCUT2D eigenvalue weighted by atomic mass is 16.5. The first-order valence-electron chi connectivity index (χ1n) is 8.94. The fraction of sp³-hybridized carbons (Fsp3) is 0.944. The quantitative estimate of drug-likeness (QED) is 0.364. The summed E-state index contributed by atoms with van der Waals surface area (Å²) in [5.74, 6) is -0.300. The van der Waals surface area contributed by atoms with Crippen molar-refractivity contribution in [2.75, 3.05) is 6.61 Å². The molecule has 0 unspecified atom stereocenters. The molecule has 0 aliphatic carbocycles. The average molecular weight is 299 g/mol. The SMILES string of the molecule is CCCCCCCCCCCCCCOC(=O)C(C)(C)N. The van der Waals surface area contributed by atoms with Gasteiger partial charge < -0.3 is 10.5 Å². The highest BCUT2D eigenvalue weighted by molar-refractivity contribution is 5.79. The van der Waals surface area contributed by atoms with Crippen LogP contribution in [0.1, 0.15) is 97.8 Å². The Morgan fingerprint density at radius 2 is 1.19 bits per heavy atom. The maximum absolute atomic E-state index is 11.4. The number of unbranched alkanes of at least 4 members (excludes halogenated alkanes) is 11. The van der Waals surface area contributed by atoms with Crippen molar-refractivity contribution in [3.63, 3.8) is 0 Å². The van der Waals surface area contributed by atoms with Gasteiger partial charge in [0.1, 0.15) is 5.54 Å². The molecule has 0 spiro atoms. The number of rotatable bonds is 14. The zero-order valence-electron chi connectivity index (χ0n) is 14.6. The predicted octanol–water partition coefficient (Wildman–Crippen LogP) is 4.97. The fourth-order valence-corrected chi connectivity index (χ4v) is 2.29. The lowest BCUT2D eigenvalue weighted by molar-refractivity contribution is -0.148. The maximum Gasteiger partial charge on any atom is 0.325 e. The van der Waals surface area contributed by atoms with E-state index in [0.29, 0.717) is 6.61 Å². The Labute approximate surface area is 132 Å². The monoisotopic (exact) mass is 299 g/mol. The molecular formula is C18H37NO2. The van der Waals surface area contributed by atoms with E-state index in [9.17, 15) is 4.79 Å². The van der Waals surface area contributed by atoms with Crippen LogP contribution in [0.2, 0.25) is 0 Å². The number of ether oxygens (including phenoxy) is 1. The van der Waals surface area contributed by atoms with Crippen LogP contribution in [-0.4, -0.2) is 18.1 Å². The summed E-state index contributed by atoms with van der Waals surface area (Å²) in [6.45, 7) is 6.13. The van der Waals surface area contributed by atoms with E-state index in [-0.39, 0.29) is 5.97 Å². The van der Waals surface area contributed by atoms with E-state index in [2.05, 4.69) is 6.92 Å². The van der Waals surface area contributed by atoms with Gasteiger partial charge in [-0.15, -0.1) is 0 Å². The lowest BCUT2D eigenvalue weighted by Crippen LogP contribution is -2.42. The number of carbonyl (C=O) groups is 1. The van der Waals surface area contributed by atoms with Crippen LogP contribution in [0.15, 0.2) is 0 Å². The van der Waals surface area contributed by atoms with Crippen LogP contribution < -0.4 is 5.73 Å². The number of esters is 1. The summed E-state index contributed by atoms with van der Waals surface area (Å²) in [7, 11) is 0. The molecule has 0 atom stereocenters. The molecule has 0 rings (SSSR count). The second-order valence-electron chi connectivity index (χ2n) is 6.75. The summed E-state index contributed by atoms with van der Waals surface area (Å²) in [4.78, 5) is 11.4. The van der Waals surface area contributed by atoms with Gasteiger partial charge in [0.15, 0.2) is 0 Å². The van der Waals surface area contributed by atoms with Crippen LogP contribution >= 0.6 is 0 Å². The van der Waals surface area contributed by atoms with E-state index in [1.54, 1.807) is 13.8 Å². The highest BCUT2D eigenvalue weighted by Crippen LogP contribution is 2.12. The fourth-order valence-electron chi connectivity index (χ4n) is 2.29. The van der Waals surface area contributed by atoms with E-state index in [0.717, 1.165) is 12.8 Å². The van der Waals surface area contributed by atoms with E-state index < -0.39 is 5.54 Å². The van der Waals surface area contributed by atoms with E-state index in [4.69, 9.17) is 10.5 Å². The molecule has 0 aromatic carbocycles. The van der Waals surface area contributed by atoms with Crippen LogP contribution in [0.4, 0.5) is 0 Å². The standard InChI is InChI=1S/C18H37NO2/c1-4-5-6-7-8-9-10-11-12-13-14-15-16-21-17(20)18(2,3)19/h4-16,19H2,1-3H3. The first kappa shape index (κ1) is 20.4. The third kappa shape index (κ3) is 14.1. The third-order valence-electron chi connectivity index (χ3n) is 3.76. The molecule has 0 aliphatic rings. The van der Waals surface area contributed by atoms with Crippen molar-refractivity contribution >= 4 is 5.97 Å². The molecule has 21 heavy (non-hydrogen) atoms. The molecule has 0 aromatic heterocycles. The number of carbonyl (C=O) groups excluding carboxylic acids is 1. The topological polar surface area (TPSA) is 52.3 Å². The van der Waals surface area contributed by atoms with Crippen LogP contribution in [0.3, 0.4) is 0 Å². The van der Waals surface area contributed by atoms with Gasteiger partial charge >= 0.3 is 5.97 Å². The normalized spacial score (nSPS) is 11.6. The number of hydrogen-bond donors (Lipinski definition) is 1. The van der Waals surface area contributed by atoms with Crippen molar-refractivity contribution < 1.29 is 9.53 Å². The summed E-state index contributed by atoms with van der Waals surface area (Å²) >= 11 is 0. The molecule has 0 heterocycles. The van der Waals surface area contributed by atoms with Crippen LogP contribution in [-0.2, 0) is 9.53 Å². The highest BCUT2D eigenvalue weighted by Gasteiger charge is 2.23. The Morgan fingerprint density at radius 1 is 0.810 bits per heavy atom. The average Bonchev–Trinajstić information content (AvgIpc) is 2.42. The zero-order valence-corrected chi connectivity index (χ0v) is 14.6. The first-order chi connectivity index (χ1) is 9.98. The summed E-state index contributed by atoms with van der Waals surface area (Å²) in [5.41, 5.74) is 4.79. The van der Waals surface area contributed by atoms with Crippen molar-refractivity contribution in [1.29, 1.82) is 0 Å². The summed E-state index contributed by atoms with van der Waals surface area (Å²) in [6, 6.07) is 0. The summed E-state index contributed by atoms with van der Waals surface area (Å²) < 4.78 is 5.13. The van der Waals surface area contributed by atoms with Crippen molar-refractivity contribution in [2.45, 2.75) is 103 Å². The Morgan fingerprint density at radius 3 is 1.57 bits per heavy atom. The lowest BCUT2D eigenvalue weighted by Gasteiger charge is -2.16. The minimum Gasteiger partial charge on any atom is -0.464 e. The second kappa shape index (κ2) is 13.1. The van der Waals surface area contributed by atoms with Crippen LogP contribution in [0, 0.1) is 0 Å². The van der Waals surface area contributed by atoms with Crippen molar-refractivity contribution in [3.05, 3.63) is 0 Å². The predicted molar refractivity (Wildman–Crippen MR) is 90.3 cm³/mol. The molecule has 0 amide bonds. The van der Waals surface area contributed by atoms with Crippen molar-refractivity contribution in [1.82, 2.24) is 0 Å². The summed E-state index contributed by atoms with van der Waals surface area (Å²) in [5, 5.41) is 0. The summed E-state index contributed by atoms with van der Waals surface area (Å²) in [6.07, 6.45) is 15.7. The zero-order chi connectivity index (χ0) is 16.0. The largest absolute Gasteiger partial charge is 0.464 e. The van der Waals surface area contributed by atoms with Gasteiger partial charge in [-0.1, -0.05) is 77.6 Å². The second-order valence-corrected chi connectivity index (χ2v) is 6.75. The van der Waals surface area contributed by atoms with Gasteiger partial charge in [-0.3, -0.25) is 4.79 Å². The Balaban J connectivity index is 3.14. The molecule has 0 aliphatic heterocycles. The third-order valence-corrected chi connectivity index (χ3v) is 3.76. The molecule has 0 radical (unpaired) electrons. The Hall–Kier alpha value is -0.570. The molecule has 126 valence electrons. The van der Waals surface area contributed by atoms with Gasteiger partial charge in [0.2, 0.25) is 0 Å². The molecule has 0 bridgehead atoms. The molecule has 0 saturated heterocycles. The van der Waals surface area contributed by atoms with Gasteiger partial charge in [0, 0.05) is 0 Å². The Bertz CT molecular complexity index is 246. The minimum absolute atomic E-state index is 0.300. The minimum atomic E-state index is -0.864. The lowest BCUT2D eigenvalue weighted by atomic mass is 10.1. The van der Waals surface area contributed by atoms with Crippen molar-refractivity contribution in [2.24, 2.45) is 5.73 Å². The number of nitrogens with two attached hydrogens (primary N) is 1. The van der Waals surface area contributed by atoms with Crippen LogP contribution in [0.25, 0.3) is 0 Å². The molecule has 0 fully saturated rings. The Kier molecular flexibility index (Phi) is 12.8. The van der Waals surface area contributed by atoms with E-state index in [1.165, 1.54) is 64.2 Å². The first-order valence-corrected chi connectivity index (χ1v) is 8.94. The molecule has 0 aromatic rings. The van der Waals surface area contributed by atoms with E-state index >= 15 is 0 Å². The maximum atomic E-state index is 11.4. The molecular weight excluding hydrogens is 262 g/mol. The van der Waals surface area contributed by atoms with E-state index in [1.807, 2.05) is 0 Å². The molecule has 3 heteroatoms. The van der Waals surface area contributed by atoms with Gasteiger partial charge in [-0.25, -0.2) is 0 Å². The van der Waals surface area contributed by atoms with Crippen molar-refractivity contribution in [3.8, 4) is 0 Å². The van der Waals surface area contributed by atoms with Gasteiger partial charge in [-0.2, -0.15) is 0 Å². The molecule has 2 N–H and O–H groups in total. The van der Waals surface area contributed by atoms with Gasteiger partial charge in [0.25, 0.3) is 0 Å². The van der Waals surface area contributed by atoms with Gasteiger partial charge in [-0.05, 0) is 20.3 Å². The molecule has 0 saturated carbocycles. The van der Waals surface area contributed by atoms with Gasteiger partial charge in [0.05, 0.1) is 6.61 Å². The smallest absolute Gasteiger partial charge is 0.325 e.